The van der Waals surface area contributed by atoms with Gasteiger partial charge in [0, 0.05) is 24.0 Å². The van der Waals surface area contributed by atoms with Gasteiger partial charge in [-0.1, -0.05) is 90.7 Å². The van der Waals surface area contributed by atoms with Gasteiger partial charge in [0.2, 0.25) is 21.8 Å². The Morgan fingerprint density at radius 3 is 2.24 bits per heavy atom. The van der Waals surface area contributed by atoms with Crippen molar-refractivity contribution >= 4 is 39.1 Å². The Morgan fingerprint density at radius 2 is 1.61 bits per heavy atom. The second-order valence-electron chi connectivity index (χ2n) is 10.9. The fraction of sp³-hybridized carbons (Fsp3) is 0.375. The number of amides is 2. The van der Waals surface area contributed by atoms with E-state index in [1.807, 2.05) is 61.5 Å². The largest absolute Gasteiger partial charge is 0.352 e. The lowest BCUT2D eigenvalue weighted by atomic mass is 10.0. The van der Waals surface area contributed by atoms with Crippen molar-refractivity contribution in [2.75, 3.05) is 17.1 Å². The molecule has 0 heterocycles. The highest BCUT2D eigenvalue weighted by Gasteiger charge is 2.34. The first kappa shape index (κ1) is 30.6. The normalized spacial score (nSPS) is 14.4. The number of halogens is 1. The van der Waals surface area contributed by atoms with E-state index < -0.39 is 28.5 Å². The van der Waals surface area contributed by atoms with E-state index in [1.54, 1.807) is 25.1 Å². The maximum atomic E-state index is 14.2. The van der Waals surface area contributed by atoms with Gasteiger partial charge in [-0.25, -0.2) is 8.42 Å². The molecule has 9 heteroatoms. The SMILES string of the molecule is Cc1ccc(CN(C(=O)CN(c2cc(Cl)ccc2C)S(C)(=O)=O)[C@@H](Cc2ccccc2)C(=O)NC2CCCC2)cc1. The minimum absolute atomic E-state index is 0.0683. The van der Waals surface area contributed by atoms with E-state index in [-0.39, 0.29) is 18.5 Å². The van der Waals surface area contributed by atoms with Crippen LogP contribution in [0.3, 0.4) is 0 Å². The van der Waals surface area contributed by atoms with Crippen LogP contribution in [0.25, 0.3) is 0 Å². The van der Waals surface area contributed by atoms with Crippen molar-refractivity contribution < 1.29 is 18.0 Å². The number of carbonyl (C=O) groups excluding carboxylic acids is 2. The van der Waals surface area contributed by atoms with Gasteiger partial charge in [-0.05, 0) is 55.5 Å². The quantitative estimate of drug-likeness (QED) is 0.321. The fourth-order valence-corrected chi connectivity index (χ4v) is 6.32. The Kier molecular flexibility index (Phi) is 10.1. The molecule has 1 aliphatic carbocycles. The number of rotatable bonds is 11. The molecule has 0 spiro atoms. The summed E-state index contributed by atoms with van der Waals surface area (Å²) in [4.78, 5) is 29.6. The van der Waals surface area contributed by atoms with E-state index in [1.165, 1.54) is 4.90 Å². The summed E-state index contributed by atoms with van der Waals surface area (Å²) in [5, 5.41) is 3.54. The molecule has 218 valence electrons. The Morgan fingerprint density at radius 1 is 0.951 bits per heavy atom. The molecule has 4 rings (SSSR count). The summed E-state index contributed by atoms with van der Waals surface area (Å²) in [6.45, 7) is 3.44. The molecule has 1 aliphatic rings. The first-order valence-corrected chi connectivity index (χ1v) is 16.2. The Bertz CT molecular complexity index is 1460. The number of carbonyl (C=O) groups is 2. The van der Waals surface area contributed by atoms with E-state index in [9.17, 15) is 18.0 Å². The summed E-state index contributed by atoms with van der Waals surface area (Å²) in [7, 11) is -3.86. The van der Waals surface area contributed by atoms with Crippen molar-refractivity contribution in [1.82, 2.24) is 10.2 Å². The van der Waals surface area contributed by atoms with Crippen molar-refractivity contribution in [1.29, 1.82) is 0 Å². The smallest absolute Gasteiger partial charge is 0.244 e. The predicted octanol–water partition coefficient (Wildman–Crippen LogP) is 5.42. The maximum absolute atomic E-state index is 14.2. The molecule has 1 atom stereocenters. The first-order chi connectivity index (χ1) is 19.5. The van der Waals surface area contributed by atoms with Gasteiger partial charge in [-0.3, -0.25) is 13.9 Å². The Hall–Kier alpha value is -3.36. The first-order valence-electron chi connectivity index (χ1n) is 13.9. The molecule has 1 saturated carbocycles. The average Bonchev–Trinajstić information content (AvgIpc) is 3.44. The van der Waals surface area contributed by atoms with Gasteiger partial charge >= 0.3 is 0 Å². The number of anilines is 1. The molecular weight excluding hydrogens is 558 g/mol. The lowest BCUT2D eigenvalue weighted by Crippen LogP contribution is -2.54. The number of sulfonamides is 1. The van der Waals surface area contributed by atoms with Crippen LogP contribution >= 0.6 is 11.6 Å². The number of aryl methyl sites for hydroxylation is 2. The molecule has 1 N–H and O–H groups in total. The summed E-state index contributed by atoms with van der Waals surface area (Å²) in [6, 6.07) is 21.5. The predicted molar refractivity (Wildman–Crippen MR) is 164 cm³/mol. The molecule has 3 aromatic rings. The minimum Gasteiger partial charge on any atom is -0.352 e. The van der Waals surface area contributed by atoms with Crippen molar-refractivity contribution in [3.8, 4) is 0 Å². The summed E-state index contributed by atoms with van der Waals surface area (Å²) in [5.74, 6) is -0.705. The number of nitrogens with one attached hydrogen (secondary N) is 1. The van der Waals surface area contributed by atoms with Crippen LogP contribution in [0.1, 0.15) is 47.9 Å². The van der Waals surface area contributed by atoms with Crippen LogP contribution in [0.2, 0.25) is 5.02 Å². The average molecular weight is 596 g/mol. The summed E-state index contributed by atoms with van der Waals surface area (Å²) in [5.41, 5.74) is 3.83. The molecule has 7 nitrogen and oxygen atoms in total. The van der Waals surface area contributed by atoms with Crippen LogP contribution in [0, 0.1) is 13.8 Å². The molecule has 41 heavy (non-hydrogen) atoms. The fourth-order valence-electron chi connectivity index (χ4n) is 5.26. The second kappa shape index (κ2) is 13.5. The van der Waals surface area contributed by atoms with Crippen molar-refractivity contribution in [3.63, 3.8) is 0 Å². The highest BCUT2D eigenvalue weighted by Crippen LogP contribution is 2.27. The Labute approximate surface area is 248 Å². The monoisotopic (exact) mass is 595 g/mol. The molecular formula is C32H38ClN3O4S. The molecule has 3 aromatic carbocycles. The van der Waals surface area contributed by atoms with E-state index in [4.69, 9.17) is 11.6 Å². The van der Waals surface area contributed by atoms with E-state index >= 15 is 0 Å². The summed E-state index contributed by atoms with van der Waals surface area (Å²) < 4.78 is 27.1. The zero-order valence-corrected chi connectivity index (χ0v) is 25.4. The third-order valence-electron chi connectivity index (χ3n) is 7.57. The Balaban J connectivity index is 1.74. The van der Waals surface area contributed by atoms with Gasteiger partial charge in [0.25, 0.3) is 0 Å². The van der Waals surface area contributed by atoms with Crippen LogP contribution in [-0.2, 0) is 32.6 Å². The highest BCUT2D eigenvalue weighted by molar-refractivity contribution is 7.92. The van der Waals surface area contributed by atoms with Crippen LogP contribution in [0.5, 0.6) is 0 Å². The van der Waals surface area contributed by atoms with Crippen LogP contribution < -0.4 is 9.62 Å². The van der Waals surface area contributed by atoms with Crippen LogP contribution in [-0.4, -0.2) is 50.0 Å². The third-order valence-corrected chi connectivity index (χ3v) is 8.93. The number of benzene rings is 3. The highest BCUT2D eigenvalue weighted by atomic mass is 35.5. The summed E-state index contributed by atoms with van der Waals surface area (Å²) in [6.07, 6.45) is 5.30. The topological polar surface area (TPSA) is 86.8 Å². The second-order valence-corrected chi connectivity index (χ2v) is 13.2. The number of nitrogens with zero attached hydrogens (tertiary/aromatic N) is 2. The lowest BCUT2D eigenvalue weighted by Gasteiger charge is -2.34. The molecule has 0 saturated heterocycles. The van der Waals surface area contributed by atoms with Gasteiger partial charge in [0.05, 0.1) is 11.9 Å². The number of hydrogen-bond donors (Lipinski definition) is 1. The van der Waals surface area contributed by atoms with Gasteiger partial charge in [-0.15, -0.1) is 0 Å². The minimum atomic E-state index is -3.86. The molecule has 0 bridgehead atoms. The maximum Gasteiger partial charge on any atom is 0.244 e. The van der Waals surface area contributed by atoms with E-state index in [0.717, 1.165) is 52.9 Å². The molecule has 0 radical (unpaired) electrons. The van der Waals surface area contributed by atoms with Gasteiger partial charge in [0.15, 0.2) is 0 Å². The zero-order chi connectivity index (χ0) is 29.6. The van der Waals surface area contributed by atoms with Gasteiger partial charge in [-0.2, -0.15) is 0 Å². The standard InChI is InChI=1S/C32H38ClN3O4S/c1-23-13-16-26(17-14-23)21-35(31(37)22-36(41(3,39)40)29-20-27(33)18-15-24(29)2)30(19-25-9-5-4-6-10-25)32(38)34-28-11-7-8-12-28/h4-6,9-10,13-18,20,28,30H,7-8,11-12,19,21-22H2,1-3H3,(H,34,38)/t30-/m0/s1. The summed E-state index contributed by atoms with van der Waals surface area (Å²) >= 11 is 6.22. The van der Waals surface area contributed by atoms with Crippen LogP contribution in [0.4, 0.5) is 5.69 Å². The van der Waals surface area contributed by atoms with E-state index in [0.29, 0.717) is 22.7 Å². The molecule has 0 aliphatic heterocycles. The zero-order valence-electron chi connectivity index (χ0n) is 23.8. The molecule has 0 unspecified atom stereocenters. The van der Waals surface area contributed by atoms with Crippen molar-refractivity contribution in [3.05, 3.63) is 100 Å². The van der Waals surface area contributed by atoms with Gasteiger partial charge in [0.1, 0.15) is 12.6 Å². The lowest BCUT2D eigenvalue weighted by molar-refractivity contribution is -0.140. The van der Waals surface area contributed by atoms with Crippen molar-refractivity contribution in [2.24, 2.45) is 0 Å². The molecule has 0 aromatic heterocycles. The molecule has 1 fully saturated rings. The van der Waals surface area contributed by atoms with E-state index in [2.05, 4.69) is 5.32 Å². The van der Waals surface area contributed by atoms with Crippen molar-refractivity contribution in [2.45, 2.75) is 64.6 Å². The van der Waals surface area contributed by atoms with Gasteiger partial charge < -0.3 is 10.2 Å². The number of hydrogen-bond acceptors (Lipinski definition) is 4. The van der Waals surface area contributed by atoms with Crippen LogP contribution in [0.15, 0.2) is 72.8 Å². The molecule has 2 amide bonds. The third kappa shape index (κ3) is 8.33.